The second kappa shape index (κ2) is 9.92. The number of benzene rings is 3. The van der Waals surface area contributed by atoms with Crippen LogP contribution in [0.3, 0.4) is 0 Å². The molecule has 5 aromatic rings. The average Bonchev–Trinajstić information content (AvgIpc) is 3.55. The molecule has 1 aliphatic rings. The zero-order chi connectivity index (χ0) is 28.1. The van der Waals surface area contributed by atoms with Gasteiger partial charge in [0.2, 0.25) is 5.91 Å². The van der Waals surface area contributed by atoms with Gasteiger partial charge in [-0.25, -0.2) is 14.2 Å². The summed E-state index contributed by atoms with van der Waals surface area (Å²) in [7, 11) is 1.56. The van der Waals surface area contributed by atoms with Crippen LogP contribution in [0.1, 0.15) is 15.9 Å². The Morgan fingerprint density at radius 3 is 2.85 bits per heavy atom. The average molecular weight is 579 g/mol. The lowest BCUT2D eigenvalue weighted by Gasteiger charge is -2.23. The van der Waals surface area contributed by atoms with Gasteiger partial charge in [0, 0.05) is 45.3 Å². The Morgan fingerprint density at radius 2 is 2.10 bits per heavy atom. The van der Waals surface area contributed by atoms with E-state index in [0.717, 1.165) is 15.0 Å². The van der Waals surface area contributed by atoms with E-state index in [2.05, 4.69) is 9.97 Å². The van der Waals surface area contributed by atoms with E-state index in [4.69, 9.17) is 26.8 Å². The zero-order valence-corrected chi connectivity index (χ0v) is 22.4. The van der Waals surface area contributed by atoms with Crippen molar-refractivity contribution < 1.29 is 28.6 Å². The molecule has 1 aliphatic heterocycles. The molecular formula is C28H20ClFN4O5S. The third-order valence-electron chi connectivity index (χ3n) is 6.65. The van der Waals surface area contributed by atoms with Gasteiger partial charge in [-0.05, 0) is 36.4 Å². The predicted octanol–water partition coefficient (Wildman–Crippen LogP) is 5.90. The number of thiazole rings is 1. The van der Waals surface area contributed by atoms with Gasteiger partial charge in [0.25, 0.3) is 0 Å². The van der Waals surface area contributed by atoms with Crippen LogP contribution in [-0.4, -0.2) is 46.8 Å². The van der Waals surface area contributed by atoms with E-state index in [1.54, 1.807) is 37.6 Å². The lowest BCUT2D eigenvalue weighted by atomic mass is 10.1. The molecule has 9 nitrogen and oxygen atoms in total. The number of rotatable bonds is 6. The molecule has 2 amide bonds. The Hall–Kier alpha value is -4.48. The number of anilines is 1. The third kappa shape index (κ3) is 4.52. The van der Waals surface area contributed by atoms with Gasteiger partial charge in [0.1, 0.15) is 16.9 Å². The van der Waals surface area contributed by atoms with Crippen LogP contribution in [0.2, 0.25) is 5.02 Å². The molecule has 202 valence electrons. The third-order valence-corrected chi connectivity index (χ3v) is 8.03. The number of carboxylic acid groups (broad SMARTS) is 1. The summed E-state index contributed by atoms with van der Waals surface area (Å²) < 4.78 is 27.1. The predicted molar refractivity (Wildman–Crippen MR) is 150 cm³/mol. The fourth-order valence-electron chi connectivity index (χ4n) is 4.84. The second-order valence-corrected chi connectivity index (χ2v) is 10.6. The maximum absolute atomic E-state index is 15.2. The molecule has 2 aromatic heterocycles. The molecule has 3 N–H and O–H groups in total. The molecule has 0 saturated carbocycles. The van der Waals surface area contributed by atoms with E-state index in [1.165, 1.54) is 29.5 Å². The van der Waals surface area contributed by atoms with Gasteiger partial charge in [-0.3, -0.25) is 14.7 Å². The Bertz CT molecular complexity index is 1850. The number of hydrogen-bond acceptors (Lipinski definition) is 7. The van der Waals surface area contributed by atoms with E-state index in [-0.39, 0.29) is 30.0 Å². The fraction of sp³-hybridized carbons (Fsp3) is 0.143. The number of carbonyl (C=O) groups is 2. The topological polar surface area (TPSA) is 128 Å². The number of nitrogens with two attached hydrogens (primary N) is 1. The molecule has 0 spiro atoms. The minimum atomic E-state index is -1.25. The first-order valence-electron chi connectivity index (χ1n) is 12.0. The maximum Gasteiger partial charge on any atom is 0.411 e. The Morgan fingerprint density at radius 1 is 1.27 bits per heavy atom. The van der Waals surface area contributed by atoms with Crippen LogP contribution in [0, 0.1) is 5.82 Å². The SMILES string of the molecule is COc1cnc2c(-c3nc4cc(F)c5c(c4s3)C[C@H](CN(C(=O)O)c3cccc(C(N)=O)c3)O5)cc(Cl)cc2c1. The smallest absolute Gasteiger partial charge is 0.411 e. The molecule has 3 aromatic carbocycles. The van der Waals surface area contributed by atoms with Crippen molar-refractivity contribution in [1.29, 1.82) is 0 Å². The summed E-state index contributed by atoms with van der Waals surface area (Å²) in [6.07, 6.45) is -0.0501. The van der Waals surface area contributed by atoms with E-state index in [0.29, 0.717) is 37.9 Å². The van der Waals surface area contributed by atoms with Gasteiger partial charge in [0.05, 0.1) is 35.6 Å². The van der Waals surface area contributed by atoms with Crippen LogP contribution >= 0.6 is 22.9 Å². The molecule has 12 heteroatoms. The Labute approximate surface area is 235 Å². The van der Waals surface area contributed by atoms with Crippen LogP contribution in [0.25, 0.3) is 31.7 Å². The number of aromatic nitrogens is 2. The van der Waals surface area contributed by atoms with E-state index in [9.17, 15) is 14.7 Å². The van der Waals surface area contributed by atoms with Gasteiger partial charge < -0.3 is 20.3 Å². The largest absolute Gasteiger partial charge is 0.495 e. The van der Waals surface area contributed by atoms with Gasteiger partial charge in [0.15, 0.2) is 11.6 Å². The van der Waals surface area contributed by atoms with Crippen molar-refractivity contribution in [3.05, 3.63) is 76.7 Å². The minimum Gasteiger partial charge on any atom is -0.495 e. The van der Waals surface area contributed by atoms with E-state index in [1.807, 2.05) is 6.07 Å². The standard InChI is InChI=1S/C28H20ClFN4O5S/c1-38-17-7-14-5-15(29)8-19(23(14)32-11-17)27-33-22-10-21(30)24-20(25(22)40-27)9-18(39-24)12-34(28(36)37)16-4-2-3-13(6-16)26(31)35/h2-8,10-11,18H,9,12H2,1H3,(H2,31,35)(H,36,37)/t18-/m1/s1. The highest BCUT2D eigenvalue weighted by Gasteiger charge is 2.33. The van der Waals surface area contributed by atoms with Crippen LogP contribution in [0.5, 0.6) is 11.5 Å². The van der Waals surface area contributed by atoms with Crippen LogP contribution in [0.4, 0.5) is 14.9 Å². The molecule has 0 unspecified atom stereocenters. The number of methoxy groups -OCH3 is 1. The summed E-state index contributed by atoms with van der Waals surface area (Å²) >= 11 is 7.77. The highest BCUT2D eigenvalue weighted by atomic mass is 35.5. The van der Waals surface area contributed by atoms with E-state index < -0.39 is 23.9 Å². The quantitative estimate of drug-likeness (QED) is 0.257. The Balaban J connectivity index is 1.36. The van der Waals surface area contributed by atoms with E-state index >= 15 is 4.39 Å². The van der Waals surface area contributed by atoms with Crippen LogP contribution in [-0.2, 0) is 6.42 Å². The zero-order valence-electron chi connectivity index (χ0n) is 20.9. The van der Waals surface area contributed by atoms with Crippen molar-refractivity contribution in [2.75, 3.05) is 18.6 Å². The monoisotopic (exact) mass is 578 g/mol. The number of pyridine rings is 1. The van der Waals surface area contributed by atoms with Crippen molar-refractivity contribution in [2.45, 2.75) is 12.5 Å². The Kier molecular flexibility index (Phi) is 6.40. The first-order chi connectivity index (χ1) is 19.2. The molecule has 0 saturated heterocycles. The van der Waals surface area contributed by atoms with Crippen molar-refractivity contribution in [3.63, 3.8) is 0 Å². The van der Waals surface area contributed by atoms with Crippen molar-refractivity contribution in [2.24, 2.45) is 5.73 Å². The number of fused-ring (bicyclic) bond motifs is 4. The number of hydrogen-bond donors (Lipinski definition) is 2. The highest BCUT2D eigenvalue weighted by Crippen LogP contribution is 2.44. The summed E-state index contributed by atoms with van der Waals surface area (Å²) in [5.41, 5.74) is 8.21. The number of primary amides is 1. The molecule has 0 fully saturated rings. The number of ether oxygens (including phenoxy) is 2. The molecule has 0 radical (unpaired) electrons. The lowest BCUT2D eigenvalue weighted by molar-refractivity contribution is 0.1000. The summed E-state index contributed by atoms with van der Waals surface area (Å²) in [6, 6.07) is 12.7. The van der Waals surface area contributed by atoms with Crippen molar-refractivity contribution in [3.8, 4) is 22.1 Å². The summed E-state index contributed by atoms with van der Waals surface area (Å²) in [4.78, 5) is 34.0. The summed E-state index contributed by atoms with van der Waals surface area (Å²) in [5, 5.41) is 11.7. The first kappa shape index (κ1) is 25.8. The summed E-state index contributed by atoms with van der Waals surface area (Å²) in [5.74, 6) is -0.602. The van der Waals surface area contributed by atoms with Crippen LogP contribution in [0.15, 0.2) is 54.7 Å². The second-order valence-electron chi connectivity index (χ2n) is 9.19. The highest BCUT2D eigenvalue weighted by molar-refractivity contribution is 7.22. The van der Waals surface area contributed by atoms with Gasteiger partial charge in [-0.1, -0.05) is 17.7 Å². The van der Waals surface area contributed by atoms with Crippen LogP contribution < -0.4 is 20.1 Å². The number of nitrogens with zero attached hydrogens (tertiary/aromatic N) is 3. The molecule has 3 heterocycles. The molecule has 6 rings (SSSR count). The molecule has 40 heavy (non-hydrogen) atoms. The maximum atomic E-state index is 15.2. The van der Waals surface area contributed by atoms with Crippen molar-refractivity contribution in [1.82, 2.24) is 9.97 Å². The van der Waals surface area contributed by atoms with Gasteiger partial charge in [-0.15, -0.1) is 11.3 Å². The molecule has 0 bridgehead atoms. The summed E-state index contributed by atoms with van der Waals surface area (Å²) in [6.45, 7) is -0.0937. The molecule has 1 atom stereocenters. The lowest BCUT2D eigenvalue weighted by Crippen LogP contribution is -2.38. The minimum absolute atomic E-state index is 0.0720. The molecular weight excluding hydrogens is 559 g/mol. The molecule has 0 aliphatic carbocycles. The van der Waals surface area contributed by atoms with Gasteiger partial charge >= 0.3 is 6.09 Å². The normalized spacial score (nSPS) is 14.2. The number of halogens is 2. The first-order valence-corrected chi connectivity index (χ1v) is 13.2. The van der Waals surface area contributed by atoms with Gasteiger partial charge in [-0.2, -0.15) is 0 Å². The fourth-order valence-corrected chi connectivity index (χ4v) is 6.18. The number of amides is 2. The van der Waals surface area contributed by atoms with Crippen molar-refractivity contribution >= 4 is 61.7 Å². The number of carbonyl (C=O) groups excluding carboxylic acids is 1.